The molecule has 0 atom stereocenters. The molecule has 0 amide bonds. The zero-order valence-corrected chi connectivity index (χ0v) is 17.1. The van der Waals surface area contributed by atoms with Crippen LogP contribution in [0.4, 0.5) is 0 Å². The van der Waals surface area contributed by atoms with E-state index in [-0.39, 0.29) is 40.5 Å². The van der Waals surface area contributed by atoms with Gasteiger partial charge < -0.3 is 0 Å². The highest BCUT2D eigenvalue weighted by molar-refractivity contribution is 7.59. The van der Waals surface area contributed by atoms with Crippen molar-refractivity contribution in [3.05, 3.63) is 0 Å². The van der Waals surface area contributed by atoms with Gasteiger partial charge in [-0.05, 0) is 5.41 Å². The van der Waals surface area contributed by atoms with E-state index in [9.17, 15) is 0 Å². The Morgan fingerprint density at radius 3 is 0.647 bits per heavy atom. The van der Waals surface area contributed by atoms with Crippen molar-refractivity contribution in [2.75, 3.05) is 0 Å². The quantitative estimate of drug-likeness (QED) is 0.470. The number of hydrogen-bond donors (Lipinski definition) is 0. The van der Waals surface area contributed by atoms with E-state index in [1.807, 2.05) is 13.8 Å². The minimum absolute atomic E-state index is 0. The van der Waals surface area contributed by atoms with Crippen molar-refractivity contribution in [1.82, 2.24) is 0 Å². The molecule has 0 rings (SSSR count). The summed E-state index contributed by atoms with van der Waals surface area (Å²) in [7, 11) is 0. The maximum absolute atomic E-state index is 2.24. The molecule has 0 unspecified atom stereocenters. The van der Waals surface area contributed by atoms with Crippen molar-refractivity contribution in [3.8, 4) is 0 Å². The van der Waals surface area contributed by atoms with Crippen molar-refractivity contribution in [3.63, 3.8) is 0 Å². The first-order valence-corrected chi connectivity index (χ1v) is 6.39. The van der Waals surface area contributed by atoms with Gasteiger partial charge in [-0.2, -0.15) is 40.5 Å². The fraction of sp³-hybridized carbons (Fsp3) is 1.00. The zero-order valence-electron chi connectivity index (χ0n) is 14.1. The molecule has 0 N–H and O–H groups in total. The van der Waals surface area contributed by atoms with Gasteiger partial charge in [-0.1, -0.05) is 88.5 Å². The molecule has 0 aromatic rings. The van der Waals surface area contributed by atoms with Crippen LogP contribution in [-0.2, 0) is 0 Å². The highest BCUT2D eigenvalue weighted by Gasteiger charge is 2.03. The molecular formula is C14H42S3. The topological polar surface area (TPSA) is 0 Å². The summed E-state index contributed by atoms with van der Waals surface area (Å²) < 4.78 is 0. The Hall–Kier alpha value is 1.05. The van der Waals surface area contributed by atoms with E-state index in [2.05, 4.69) is 55.4 Å². The lowest BCUT2D eigenvalue weighted by Crippen LogP contribution is -2.00. The molecule has 17 heavy (non-hydrogen) atoms. The predicted octanol–water partition coefficient (Wildman–Crippen LogP) is 6.64. The average Bonchev–Trinajstić information content (AvgIpc) is 2.10. The third kappa shape index (κ3) is 235. The van der Waals surface area contributed by atoms with E-state index in [0.717, 1.165) is 0 Å². The first-order chi connectivity index (χ1) is 6.39. The van der Waals surface area contributed by atoms with Crippen LogP contribution >= 0.6 is 40.5 Å². The van der Waals surface area contributed by atoms with Crippen LogP contribution in [0.15, 0.2) is 0 Å². The molecule has 0 aliphatic rings. The molecule has 0 radical (unpaired) electrons. The molecule has 0 heterocycles. The number of hydrogen-bond acceptors (Lipinski definition) is 0. The molecule has 0 aliphatic heterocycles. The van der Waals surface area contributed by atoms with Crippen LogP contribution in [0.1, 0.15) is 88.5 Å². The maximum Gasteiger partial charge on any atom is -0.0385 e. The van der Waals surface area contributed by atoms with Gasteiger partial charge in [0.05, 0.1) is 0 Å². The molecule has 0 aromatic heterocycles. The summed E-state index contributed by atoms with van der Waals surface area (Å²) in [4.78, 5) is 0. The third-order valence-electron chi connectivity index (χ3n) is 1.06. The zero-order chi connectivity index (χ0) is 12.6. The third-order valence-corrected chi connectivity index (χ3v) is 1.06. The van der Waals surface area contributed by atoms with E-state index < -0.39 is 0 Å². The first-order valence-electron chi connectivity index (χ1n) is 6.39. The molecular weight excluding hydrogens is 264 g/mol. The van der Waals surface area contributed by atoms with Crippen molar-refractivity contribution in [2.45, 2.75) is 88.5 Å². The minimum atomic E-state index is 0. The monoisotopic (exact) mass is 306 g/mol. The lowest BCUT2D eigenvalue weighted by molar-refractivity contribution is 0.398. The predicted molar refractivity (Wildman–Crippen MR) is 104 cm³/mol. The van der Waals surface area contributed by atoms with Crippen molar-refractivity contribution >= 4 is 40.5 Å². The van der Waals surface area contributed by atoms with Crippen LogP contribution in [0.25, 0.3) is 0 Å². The van der Waals surface area contributed by atoms with Gasteiger partial charge in [-0.15, -0.1) is 0 Å². The van der Waals surface area contributed by atoms with Crippen molar-refractivity contribution in [1.29, 1.82) is 0 Å². The normalized spacial score (nSPS) is 6.71. The Morgan fingerprint density at radius 2 is 0.647 bits per heavy atom. The van der Waals surface area contributed by atoms with Crippen molar-refractivity contribution < 1.29 is 0 Å². The first kappa shape index (κ1) is 43.0. The number of rotatable bonds is 0. The highest BCUT2D eigenvalue weighted by atomic mass is 32.1. The van der Waals surface area contributed by atoms with Gasteiger partial charge >= 0.3 is 0 Å². The summed E-state index contributed by atoms with van der Waals surface area (Å²) in [5.74, 6) is 0. The fourth-order valence-electron chi connectivity index (χ4n) is 0. The summed E-state index contributed by atoms with van der Waals surface area (Å²) in [6.45, 7) is 21.4. The van der Waals surface area contributed by atoms with Crippen LogP contribution in [-0.4, -0.2) is 0 Å². The Labute approximate surface area is 134 Å². The molecule has 3 heteroatoms. The van der Waals surface area contributed by atoms with Gasteiger partial charge in [0.2, 0.25) is 0 Å². The van der Waals surface area contributed by atoms with E-state index in [1.54, 1.807) is 0 Å². The lowest BCUT2D eigenvalue weighted by atomic mass is 9.94. The van der Waals surface area contributed by atoms with Gasteiger partial charge in [-0.3, -0.25) is 0 Å². The van der Waals surface area contributed by atoms with Gasteiger partial charge in [0, 0.05) is 0 Å². The molecule has 0 saturated heterocycles. The second-order valence-corrected chi connectivity index (χ2v) is 4.33. The smallest absolute Gasteiger partial charge is 0.0385 e. The van der Waals surface area contributed by atoms with Gasteiger partial charge in [-0.25, -0.2) is 0 Å². The molecule has 0 bridgehead atoms. The van der Waals surface area contributed by atoms with Crippen molar-refractivity contribution in [2.24, 2.45) is 5.41 Å². The molecule has 0 spiro atoms. The van der Waals surface area contributed by atoms with Crippen LogP contribution in [0, 0.1) is 5.41 Å². The standard InChI is InChI=1S/C6H14.2C3H8.C2H6.3H2S/c1-5-6(2,3)4;2*1-3-2;1-2;;;/h5H2,1-4H3;2*3H2,1-2H3;1-2H3;3*1H2. The lowest BCUT2D eigenvalue weighted by Gasteiger charge is -2.12. The Morgan fingerprint density at radius 1 is 0.588 bits per heavy atom. The van der Waals surface area contributed by atoms with Gasteiger partial charge in [0.15, 0.2) is 0 Å². The van der Waals surface area contributed by atoms with Gasteiger partial charge in [0.25, 0.3) is 0 Å². The molecule has 0 aromatic carbocycles. The molecule has 116 valence electrons. The SMILES string of the molecule is CC.CCC.CCC.CCC(C)(C)C.S.S.S. The van der Waals surface area contributed by atoms with Crippen LogP contribution in [0.2, 0.25) is 0 Å². The molecule has 0 aliphatic carbocycles. The fourth-order valence-corrected chi connectivity index (χ4v) is 0. The van der Waals surface area contributed by atoms with E-state index in [1.165, 1.54) is 19.3 Å². The largest absolute Gasteiger partial charge is 0.197 e. The Balaban J connectivity index is -0.0000000161. The summed E-state index contributed by atoms with van der Waals surface area (Å²) >= 11 is 0. The van der Waals surface area contributed by atoms with Crippen LogP contribution in [0.5, 0.6) is 0 Å². The Bertz CT molecular complexity index is 57.0. The average molecular weight is 307 g/mol. The summed E-state index contributed by atoms with van der Waals surface area (Å²) in [5.41, 5.74) is 0.542. The van der Waals surface area contributed by atoms with Crippen LogP contribution in [0.3, 0.4) is 0 Å². The summed E-state index contributed by atoms with van der Waals surface area (Å²) in [5, 5.41) is 0. The second kappa shape index (κ2) is 43.5. The van der Waals surface area contributed by atoms with Gasteiger partial charge in [0.1, 0.15) is 0 Å². The van der Waals surface area contributed by atoms with E-state index >= 15 is 0 Å². The summed E-state index contributed by atoms with van der Waals surface area (Å²) in [6, 6.07) is 0. The van der Waals surface area contributed by atoms with E-state index in [0.29, 0.717) is 5.41 Å². The summed E-state index contributed by atoms with van der Waals surface area (Å²) in [6.07, 6.45) is 3.77. The molecule has 0 fully saturated rings. The van der Waals surface area contributed by atoms with Crippen LogP contribution < -0.4 is 0 Å². The molecule has 0 saturated carbocycles. The maximum atomic E-state index is 2.24. The second-order valence-electron chi connectivity index (χ2n) is 4.33. The Kier molecular flexibility index (Phi) is 110. The van der Waals surface area contributed by atoms with E-state index in [4.69, 9.17) is 0 Å². The minimum Gasteiger partial charge on any atom is -0.197 e. The highest BCUT2D eigenvalue weighted by Crippen LogP contribution is 2.16. The molecule has 0 nitrogen and oxygen atoms in total.